The molecule has 4 nitrogen and oxygen atoms in total. The quantitative estimate of drug-likeness (QED) is 0.844. The van der Waals surface area contributed by atoms with Crippen LogP contribution in [0.1, 0.15) is 42.6 Å². The van der Waals surface area contributed by atoms with Crippen LogP contribution >= 0.6 is 0 Å². The van der Waals surface area contributed by atoms with Gasteiger partial charge in [-0.2, -0.15) is 0 Å². The molecule has 0 N–H and O–H groups in total. The van der Waals surface area contributed by atoms with Crippen LogP contribution < -0.4 is 0 Å². The molecule has 1 atom stereocenters. The van der Waals surface area contributed by atoms with Crippen molar-refractivity contribution in [3.63, 3.8) is 0 Å². The predicted molar refractivity (Wildman–Crippen MR) is 80.6 cm³/mol. The number of likely N-dealkylation sites (tertiary alicyclic amines) is 1. The molecule has 4 heteroatoms. The van der Waals surface area contributed by atoms with Gasteiger partial charge in [-0.25, -0.2) is 0 Å². The van der Waals surface area contributed by atoms with E-state index in [1.54, 1.807) is 0 Å². The first kappa shape index (κ1) is 15.0. The monoisotopic (exact) mass is 275 g/mol. The maximum atomic E-state index is 11.9. The number of carbonyl (C=O) groups excluding carboxylic acids is 1. The van der Waals surface area contributed by atoms with Gasteiger partial charge in [0.2, 0.25) is 5.91 Å². The third-order valence-electron chi connectivity index (χ3n) is 3.99. The Labute approximate surface area is 121 Å². The van der Waals surface area contributed by atoms with Gasteiger partial charge in [0.25, 0.3) is 0 Å². The first-order chi connectivity index (χ1) is 9.51. The fourth-order valence-corrected chi connectivity index (χ4v) is 2.76. The molecule has 2 heterocycles. The molecule has 2 rings (SSSR count). The van der Waals surface area contributed by atoms with Crippen LogP contribution in [0, 0.1) is 0 Å². The molecule has 0 saturated carbocycles. The first-order valence-electron chi connectivity index (χ1n) is 7.38. The van der Waals surface area contributed by atoms with Gasteiger partial charge < -0.3 is 9.80 Å². The van der Waals surface area contributed by atoms with Crippen molar-refractivity contribution in [2.75, 3.05) is 27.7 Å². The highest BCUT2D eigenvalue weighted by molar-refractivity contribution is 5.77. The zero-order valence-electron chi connectivity index (χ0n) is 13.0. The van der Waals surface area contributed by atoms with E-state index in [1.165, 1.54) is 5.56 Å². The summed E-state index contributed by atoms with van der Waals surface area (Å²) < 4.78 is 0. The third kappa shape index (κ3) is 3.37. The molecular formula is C16H25N3O. The smallest absolute Gasteiger partial charge is 0.222 e. The molecule has 1 amide bonds. The lowest BCUT2D eigenvalue weighted by Crippen LogP contribution is -2.35. The predicted octanol–water partition coefficient (Wildman–Crippen LogP) is 2.04. The second-order valence-corrected chi connectivity index (χ2v) is 5.93. The number of aryl methyl sites for hydroxylation is 1. The summed E-state index contributed by atoms with van der Waals surface area (Å²) >= 11 is 0. The van der Waals surface area contributed by atoms with Gasteiger partial charge in [-0.15, -0.1) is 0 Å². The zero-order valence-corrected chi connectivity index (χ0v) is 13.0. The van der Waals surface area contributed by atoms with E-state index in [4.69, 9.17) is 4.98 Å². The van der Waals surface area contributed by atoms with Crippen LogP contribution in [-0.2, 0) is 17.8 Å². The molecule has 1 aromatic rings. The number of nitrogens with zero attached hydrogens (tertiary/aromatic N) is 3. The van der Waals surface area contributed by atoms with Gasteiger partial charge in [-0.3, -0.25) is 9.78 Å². The van der Waals surface area contributed by atoms with E-state index in [-0.39, 0.29) is 5.91 Å². The topological polar surface area (TPSA) is 36.4 Å². The van der Waals surface area contributed by atoms with Crippen molar-refractivity contribution in [1.82, 2.24) is 14.8 Å². The Morgan fingerprint density at radius 1 is 1.40 bits per heavy atom. The highest BCUT2D eigenvalue weighted by Gasteiger charge is 2.26. The summed E-state index contributed by atoms with van der Waals surface area (Å²) in [5.74, 6) is 0.573. The zero-order chi connectivity index (χ0) is 14.7. The van der Waals surface area contributed by atoms with E-state index in [0.29, 0.717) is 12.3 Å². The second kappa shape index (κ2) is 6.35. The number of hydrogen-bond acceptors (Lipinski definition) is 3. The largest absolute Gasteiger partial charge is 0.346 e. The number of pyridine rings is 1. The molecule has 0 unspecified atom stereocenters. The summed E-state index contributed by atoms with van der Waals surface area (Å²) in [5.41, 5.74) is 3.53. The van der Waals surface area contributed by atoms with Gasteiger partial charge in [0.1, 0.15) is 0 Å². The van der Waals surface area contributed by atoms with E-state index >= 15 is 0 Å². The van der Waals surface area contributed by atoms with E-state index in [9.17, 15) is 4.79 Å². The minimum atomic E-state index is 0.247. The number of aromatic nitrogens is 1. The number of rotatable bonds is 4. The minimum absolute atomic E-state index is 0.247. The van der Waals surface area contributed by atoms with E-state index in [1.807, 2.05) is 11.9 Å². The van der Waals surface area contributed by atoms with E-state index < -0.39 is 0 Å². The van der Waals surface area contributed by atoms with Crippen molar-refractivity contribution in [3.8, 4) is 0 Å². The van der Waals surface area contributed by atoms with Crippen molar-refractivity contribution >= 4 is 5.91 Å². The first-order valence-corrected chi connectivity index (χ1v) is 7.38. The maximum Gasteiger partial charge on any atom is 0.222 e. The standard InChI is InChI=1S/C16H25N3O/c1-5-13-6-7-14(15(17-13)11-18(2)3)12-8-9-19(4)16(20)10-12/h6-7,12H,5,8-11H2,1-4H3/t12-/m0/s1. The Bertz CT molecular complexity index is 485. The van der Waals surface area contributed by atoms with Gasteiger partial charge in [-0.05, 0) is 44.5 Å². The molecule has 0 spiro atoms. The summed E-state index contributed by atoms with van der Waals surface area (Å²) in [6, 6.07) is 4.30. The average molecular weight is 275 g/mol. The summed E-state index contributed by atoms with van der Waals surface area (Å²) in [6.45, 7) is 3.81. The second-order valence-electron chi connectivity index (χ2n) is 5.93. The van der Waals surface area contributed by atoms with Crippen LogP contribution in [0.4, 0.5) is 0 Å². The van der Waals surface area contributed by atoms with Gasteiger partial charge >= 0.3 is 0 Å². The van der Waals surface area contributed by atoms with Crippen molar-refractivity contribution < 1.29 is 4.79 Å². The Balaban J connectivity index is 2.27. The molecule has 1 aromatic heterocycles. The minimum Gasteiger partial charge on any atom is -0.346 e. The molecule has 0 bridgehead atoms. The van der Waals surface area contributed by atoms with Crippen LogP contribution in [0.3, 0.4) is 0 Å². The molecule has 0 aliphatic carbocycles. The van der Waals surface area contributed by atoms with Crippen molar-refractivity contribution in [3.05, 3.63) is 29.1 Å². The van der Waals surface area contributed by atoms with Gasteiger partial charge in [-0.1, -0.05) is 13.0 Å². The molecule has 0 aromatic carbocycles. The summed E-state index contributed by atoms with van der Waals surface area (Å²) in [5, 5.41) is 0. The summed E-state index contributed by atoms with van der Waals surface area (Å²) in [4.78, 5) is 20.7. The van der Waals surface area contributed by atoms with Gasteiger partial charge in [0.05, 0.1) is 5.69 Å². The van der Waals surface area contributed by atoms with E-state index in [2.05, 4.69) is 38.1 Å². The van der Waals surface area contributed by atoms with Gasteiger partial charge in [0.15, 0.2) is 0 Å². The van der Waals surface area contributed by atoms with E-state index in [0.717, 1.165) is 37.3 Å². The summed E-state index contributed by atoms with van der Waals surface area (Å²) in [7, 11) is 6.01. The van der Waals surface area contributed by atoms with Crippen molar-refractivity contribution in [2.45, 2.75) is 38.6 Å². The summed E-state index contributed by atoms with van der Waals surface area (Å²) in [6.07, 6.45) is 2.60. The fraction of sp³-hybridized carbons (Fsp3) is 0.625. The van der Waals surface area contributed by atoms with Crippen LogP contribution in [-0.4, -0.2) is 48.4 Å². The van der Waals surface area contributed by atoms with Crippen molar-refractivity contribution in [1.29, 1.82) is 0 Å². The molecule has 110 valence electrons. The SMILES string of the molecule is CCc1ccc([C@H]2CCN(C)C(=O)C2)c(CN(C)C)n1. The molecule has 20 heavy (non-hydrogen) atoms. The lowest BCUT2D eigenvalue weighted by molar-refractivity contribution is -0.132. The van der Waals surface area contributed by atoms with Crippen LogP contribution in [0.5, 0.6) is 0 Å². The highest BCUT2D eigenvalue weighted by atomic mass is 16.2. The molecule has 1 aliphatic rings. The van der Waals surface area contributed by atoms with Crippen LogP contribution in [0.25, 0.3) is 0 Å². The lowest BCUT2D eigenvalue weighted by atomic mass is 9.87. The average Bonchev–Trinajstić information content (AvgIpc) is 2.41. The fourth-order valence-electron chi connectivity index (χ4n) is 2.76. The highest BCUT2D eigenvalue weighted by Crippen LogP contribution is 2.30. The number of carbonyl (C=O) groups is 1. The molecular weight excluding hydrogens is 250 g/mol. The number of hydrogen-bond donors (Lipinski definition) is 0. The van der Waals surface area contributed by atoms with Gasteiger partial charge in [0, 0.05) is 32.3 Å². The Kier molecular flexibility index (Phi) is 4.76. The number of amides is 1. The molecule has 1 aliphatic heterocycles. The van der Waals surface area contributed by atoms with Crippen molar-refractivity contribution in [2.24, 2.45) is 0 Å². The Morgan fingerprint density at radius 3 is 2.75 bits per heavy atom. The molecule has 1 saturated heterocycles. The Morgan fingerprint density at radius 2 is 2.15 bits per heavy atom. The van der Waals surface area contributed by atoms with Crippen LogP contribution in [0.15, 0.2) is 12.1 Å². The van der Waals surface area contributed by atoms with Crippen LogP contribution in [0.2, 0.25) is 0 Å². The lowest BCUT2D eigenvalue weighted by Gasteiger charge is -2.30. The molecule has 0 radical (unpaired) electrons. The maximum absolute atomic E-state index is 11.9. The molecule has 1 fully saturated rings. The normalized spacial score (nSPS) is 19.8. The third-order valence-corrected chi connectivity index (χ3v) is 3.99. The Hall–Kier alpha value is -1.42. The number of piperidine rings is 1.